The zero-order valence-corrected chi connectivity index (χ0v) is 15.1. The van der Waals surface area contributed by atoms with E-state index in [1.54, 1.807) is 48.4 Å². The quantitative estimate of drug-likeness (QED) is 0.905. The van der Waals surface area contributed by atoms with E-state index in [4.69, 9.17) is 10.00 Å². The van der Waals surface area contributed by atoms with Crippen LogP contribution in [0.5, 0.6) is 5.75 Å². The smallest absolute Gasteiger partial charge is 0.253 e. The largest absolute Gasteiger partial charge is 0.495 e. The van der Waals surface area contributed by atoms with Crippen molar-refractivity contribution >= 4 is 17.5 Å². The van der Waals surface area contributed by atoms with E-state index in [0.717, 1.165) is 0 Å². The highest BCUT2D eigenvalue weighted by Crippen LogP contribution is 2.26. The second-order valence-corrected chi connectivity index (χ2v) is 6.45. The molecule has 6 nitrogen and oxygen atoms in total. The highest BCUT2D eigenvalue weighted by atomic mass is 16.5. The lowest BCUT2D eigenvalue weighted by Gasteiger charge is -2.31. The number of anilines is 1. The van der Waals surface area contributed by atoms with Gasteiger partial charge in [0.15, 0.2) is 0 Å². The fourth-order valence-electron chi connectivity index (χ4n) is 3.20. The first-order valence-electron chi connectivity index (χ1n) is 8.85. The summed E-state index contributed by atoms with van der Waals surface area (Å²) in [6.45, 7) is 1.06. The van der Waals surface area contributed by atoms with Crippen LogP contribution < -0.4 is 10.1 Å². The van der Waals surface area contributed by atoms with Crippen LogP contribution in [0.1, 0.15) is 28.8 Å². The molecule has 1 heterocycles. The van der Waals surface area contributed by atoms with Gasteiger partial charge < -0.3 is 15.0 Å². The van der Waals surface area contributed by atoms with E-state index in [2.05, 4.69) is 5.32 Å². The van der Waals surface area contributed by atoms with Gasteiger partial charge in [-0.1, -0.05) is 12.1 Å². The number of nitrogens with one attached hydrogen (secondary N) is 1. The molecule has 6 heteroatoms. The first kappa shape index (κ1) is 18.5. The van der Waals surface area contributed by atoms with Crippen molar-refractivity contribution in [3.63, 3.8) is 0 Å². The Morgan fingerprint density at radius 2 is 1.78 bits per heavy atom. The highest BCUT2D eigenvalue weighted by Gasteiger charge is 2.28. The van der Waals surface area contributed by atoms with Crippen LogP contribution in [0.25, 0.3) is 0 Å². The van der Waals surface area contributed by atoms with Gasteiger partial charge in [0.25, 0.3) is 5.91 Å². The van der Waals surface area contributed by atoms with Crippen LogP contribution in [0.3, 0.4) is 0 Å². The topological polar surface area (TPSA) is 82.4 Å². The number of rotatable bonds is 4. The summed E-state index contributed by atoms with van der Waals surface area (Å²) in [5, 5.41) is 11.8. The minimum absolute atomic E-state index is 0.0510. The van der Waals surface area contributed by atoms with Gasteiger partial charge in [-0.25, -0.2) is 0 Å². The van der Waals surface area contributed by atoms with E-state index in [0.29, 0.717) is 48.5 Å². The Morgan fingerprint density at radius 1 is 1.11 bits per heavy atom. The lowest BCUT2D eigenvalue weighted by atomic mass is 9.95. The third kappa shape index (κ3) is 4.26. The van der Waals surface area contributed by atoms with Gasteiger partial charge in [-0.05, 0) is 49.2 Å². The van der Waals surface area contributed by atoms with E-state index >= 15 is 0 Å². The summed E-state index contributed by atoms with van der Waals surface area (Å²) in [6.07, 6.45) is 1.23. The van der Waals surface area contributed by atoms with Gasteiger partial charge in [0.1, 0.15) is 5.75 Å². The molecule has 0 radical (unpaired) electrons. The molecule has 0 aliphatic carbocycles. The average molecular weight is 363 g/mol. The molecule has 1 fully saturated rings. The van der Waals surface area contributed by atoms with Crippen molar-refractivity contribution in [2.45, 2.75) is 12.8 Å². The number of hydrogen-bond donors (Lipinski definition) is 1. The molecule has 138 valence electrons. The Bertz CT molecular complexity index is 863. The molecule has 27 heavy (non-hydrogen) atoms. The Balaban J connectivity index is 1.57. The Morgan fingerprint density at radius 3 is 2.41 bits per heavy atom. The summed E-state index contributed by atoms with van der Waals surface area (Å²) in [5.74, 6) is 0.368. The molecule has 0 unspecified atom stereocenters. The van der Waals surface area contributed by atoms with Crippen molar-refractivity contribution in [2.75, 3.05) is 25.5 Å². The van der Waals surface area contributed by atoms with Crippen molar-refractivity contribution in [1.29, 1.82) is 5.26 Å². The van der Waals surface area contributed by atoms with Crippen LogP contribution in [0.15, 0.2) is 48.5 Å². The predicted molar refractivity (Wildman–Crippen MR) is 101 cm³/mol. The zero-order valence-electron chi connectivity index (χ0n) is 15.1. The average Bonchev–Trinajstić information content (AvgIpc) is 2.73. The number of para-hydroxylation sites is 2. The van der Waals surface area contributed by atoms with Gasteiger partial charge in [-0.3, -0.25) is 9.59 Å². The summed E-state index contributed by atoms with van der Waals surface area (Å²) < 4.78 is 5.26. The highest BCUT2D eigenvalue weighted by molar-refractivity contribution is 5.96. The van der Waals surface area contributed by atoms with Gasteiger partial charge in [0, 0.05) is 24.6 Å². The van der Waals surface area contributed by atoms with Gasteiger partial charge in [0.05, 0.1) is 24.4 Å². The fraction of sp³-hybridized carbons (Fsp3) is 0.286. The van der Waals surface area contributed by atoms with Crippen molar-refractivity contribution in [3.05, 3.63) is 59.7 Å². The van der Waals surface area contributed by atoms with Gasteiger partial charge in [-0.15, -0.1) is 0 Å². The number of likely N-dealkylation sites (tertiary alicyclic amines) is 1. The molecule has 2 aromatic rings. The lowest BCUT2D eigenvalue weighted by molar-refractivity contribution is -0.121. The van der Waals surface area contributed by atoms with Crippen LogP contribution in [-0.2, 0) is 4.79 Å². The maximum absolute atomic E-state index is 12.6. The third-order valence-corrected chi connectivity index (χ3v) is 4.78. The number of benzene rings is 2. The number of piperidine rings is 1. The van der Waals surface area contributed by atoms with Crippen LogP contribution in [0.4, 0.5) is 5.69 Å². The maximum atomic E-state index is 12.6. The van der Waals surface area contributed by atoms with E-state index in [-0.39, 0.29) is 17.7 Å². The van der Waals surface area contributed by atoms with E-state index in [1.165, 1.54) is 0 Å². The van der Waals surface area contributed by atoms with Crippen LogP contribution >= 0.6 is 0 Å². The monoisotopic (exact) mass is 363 g/mol. The van der Waals surface area contributed by atoms with Crippen molar-refractivity contribution in [2.24, 2.45) is 5.92 Å². The molecule has 2 aromatic carbocycles. The summed E-state index contributed by atoms with van der Waals surface area (Å²) in [6, 6.07) is 16.0. The van der Waals surface area contributed by atoms with Crippen LogP contribution in [0, 0.1) is 17.2 Å². The van der Waals surface area contributed by atoms with Gasteiger partial charge in [0.2, 0.25) is 5.91 Å². The third-order valence-electron chi connectivity index (χ3n) is 4.78. The normalized spacial score (nSPS) is 14.3. The van der Waals surface area contributed by atoms with E-state index in [1.807, 2.05) is 18.2 Å². The lowest BCUT2D eigenvalue weighted by Crippen LogP contribution is -2.41. The number of amides is 2. The van der Waals surface area contributed by atoms with Crippen molar-refractivity contribution in [3.8, 4) is 11.8 Å². The minimum atomic E-state index is -0.139. The second kappa shape index (κ2) is 8.37. The van der Waals surface area contributed by atoms with Crippen LogP contribution in [-0.4, -0.2) is 36.9 Å². The maximum Gasteiger partial charge on any atom is 0.253 e. The first-order valence-corrected chi connectivity index (χ1v) is 8.85. The number of nitrogens with zero attached hydrogens (tertiary/aromatic N) is 2. The standard InChI is InChI=1S/C21H21N3O3/c1-27-19-5-3-2-4-18(19)23-20(25)16-10-12-24(13-11-16)21(26)17-8-6-15(14-22)7-9-17/h2-9,16H,10-13H2,1H3,(H,23,25). The molecular weight excluding hydrogens is 342 g/mol. The fourth-order valence-corrected chi connectivity index (χ4v) is 3.20. The number of methoxy groups -OCH3 is 1. The molecule has 0 saturated carbocycles. The summed E-state index contributed by atoms with van der Waals surface area (Å²) in [5.41, 5.74) is 1.74. The molecule has 1 aliphatic heterocycles. The predicted octanol–water partition coefficient (Wildman–Crippen LogP) is 3.06. The second-order valence-electron chi connectivity index (χ2n) is 6.45. The summed E-state index contributed by atoms with van der Waals surface area (Å²) in [7, 11) is 1.57. The molecule has 0 spiro atoms. The molecule has 0 bridgehead atoms. The molecule has 0 atom stereocenters. The summed E-state index contributed by atoms with van der Waals surface area (Å²) >= 11 is 0. The number of carbonyl (C=O) groups excluding carboxylic acids is 2. The van der Waals surface area contributed by atoms with Crippen molar-refractivity contribution in [1.82, 2.24) is 4.90 Å². The molecule has 0 aromatic heterocycles. The molecule has 1 N–H and O–H groups in total. The Hall–Kier alpha value is -3.33. The SMILES string of the molecule is COc1ccccc1NC(=O)C1CCN(C(=O)c2ccc(C#N)cc2)CC1. The van der Waals surface area contributed by atoms with Crippen molar-refractivity contribution < 1.29 is 14.3 Å². The van der Waals surface area contributed by atoms with Crippen LogP contribution in [0.2, 0.25) is 0 Å². The molecule has 1 saturated heterocycles. The molecular formula is C21H21N3O3. The number of hydrogen-bond acceptors (Lipinski definition) is 4. The Labute approximate surface area is 158 Å². The number of ether oxygens (including phenoxy) is 1. The first-order chi connectivity index (χ1) is 13.1. The van der Waals surface area contributed by atoms with Gasteiger partial charge in [-0.2, -0.15) is 5.26 Å². The number of carbonyl (C=O) groups is 2. The van der Waals surface area contributed by atoms with E-state index in [9.17, 15) is 9.59 Å². The molecule has 1 aliphatic rings. The molecule has 3 rings (SSSR count). The summed E-state index contributed by atoms with van der Waals surface area (Å²) in [4.78, 5) is 26.9. The van der Waals surface area contributed by atoms with Gasteiger partial charge >= 0.3 is 0 Å². The minimum Gasteiger partial charge on any atom is -0.495 e. The zero-order chi connectivity index (χ0) is 19.2. The number of nitriles is 1. The molecule has 2 amide bonds. The Kier molecular flexibility index (Phi) is 5.72. The van der Waals surface area contributed by atoms with E-state index < -0.39 is 0 Å².